The Bertz CT molecular complexity index is 236. The minimum absolute atomic E-state index is 0.228. The van der Waals surface area contributed by atoms with Gasteiger partial charge < -0.3 is 14.6 Å². The van der Waals surface area contributed by atoms with Gasteiger partial charge in [0.25, 0.3) is 0 Å². The van der Waals surface area contributed by atoms with E-state index >= 15 is 0 Å². The molecule has 0 aromatic rings. The fourth-order valence-corrected chi connectivity index (χ4v) is 1.48. The van der Waals surface area contributed by atoms with E-state index in [9.17, 15) is 5.11 Å². The fourth-order valence-electron chi connectivity index (χ4n) is 1.48. The molecule has 4 atom stereocenters. The quantitative estimate of drug-likeness (QED) is 0.731. The molecule has 0 aromatic carbocycles. The van der Waals surface area contributed by atoms with Crippen molar-refractivity contribution >= 4 is 0 Å². The van der Waals surface area contributed by atoms with Crippen LogP contribution in [0.1, 0.15) is 27.2 Å². The van der Waals surface area contributed by atoms with Gasteiger partial charge in [0.15, 0.2) is 5.60 Å². The second kappa shape index (κ2) is 4.26. The van der Waals surface area contributed by atoms with Gasteiger partial charge >= 0.3 is 0 Å². The maximum absolute atomic E-state index is 9.30. The van der Waals surface area contributed by atoms with Crippen LogP contribution >= 0.6 is 0 Å². The highest BCUT2D eigenvalue weighted by Gasteiger charge is 2.44. The van der Waals surface area contributed by atoms with Gasteiger partial charge in [-0.25, -0.2) is 0 Å². The Balaban J connectivity index is 2.68. The van der Waals surface area contributed by atoms with E-state index in [0.29, 0.717) is 13.0 Å². The van der Waals surface area contributed by atoms with Crippen molar-refractivity contribution in [3.63, 3.8) is 0 Å². The lowest BCUT2D eigenvalue weighted by molar-refractivity contribution is -0.116. The molecule has 1 heterocycles. The minimum atomic E-state index is -0.879. The number of aliphatic hydroxyl groups is 1. The van der Waals surface area contributed by atoms with Crippen molar-refractivity contribution < 1.29 is 14.6 Å². The van der Waals surface area contributed by atoms with Crippen LogP contribution in [-0.4, -0.2) is 35.6 Å². The zero-order chi connectivity index (χ0) is 10.8. The highest BCUT2D eigenvalue weighted by Crippen LogP contribution is 2.30. The first kappa shape index (κ1) is 11.4. The normalized spacial score (nSPS) is 36.4. The number of hydrogen-bond acceptors (Lipinski definition) is 4. The van der Waals surface area contributed by atoms with Crippen molar-refractivity contribution in [1.29, 1.82) is 5.26 Å². The van der Waals surface area contributed by atoms with Crippen molar-refractivity contribution in [1.82, 2.24) is 0 Å². The summed E-state index contributed by atoms with van der Waals surface area (Å²) < 4.78 is 10.9. The highest BCUT2D eigenvalue weighted by molar-refractivity contribution is 5.09. The summed E-state index contributed by atoms with van der Waals surface area (Å²) in [4.78, 5) is 0. The second-order valence-electron chi connectivity index (χ2n) is 3.83. The Hall–Kier alpha value is -0.630. The summed E-state index contributed by atoms with van der Waals surface area (Å²) in [7, 11) is 0. The molecular weight excluding hydrogens is 182 g/mol. The lowest BCUT2D eigenvalue weighted by atomic mass is 9.98. The molecule has 4 heteroatoms. The van der Waals surface area contributed by atoms with Crippen LogP contribution in [0.25, 0.3) is 0 Å². The molecule has 0 bridgehead atoms. The van der Waals surface area contributed by atoms with E-state index in [1.165, 1.54) is 0 Å². The molecule has 0 aliphatic carbocycles. The molecule has 1 rings (SSSR count). The maximum atomic E-state index is 9.30. The summed E-state index contributed by atoms with van der Waals surface area (Å²) >= 11 is 0. The molecule has 4 unspecified atom stereocenters. The van der Waals surface area contributed by atoms with E-state index in [4.69, 9.17) is 14.7 Å². The molecule has 0 amide bonds. The molecule has 0 spiro atoms. The fraction of sp³-hybridized carbons (Fsp3) is 0.900. The molecule has 1 aliphatic rings. The lowest BCUT2D eigenvalue weighted by Crippen LogP contribution is -2.43. The van der Waals surface area contributed by atoms with Crippen molar-refractivity contribution in [2.75, 3.05) is 6.61 Å². The number of rotatable bonds is 3. The van der Waals surface area contributed by atoms with Crippen molar-refractivity contribution in [2.45, 2.75) is 51.1 Å². The number of nitriles is 1. The van der Waals surface area contributed by atoms with E-state index in [2.05, 4.69) is 6.07 Å². The largest absolute Gasteiger partial charge is 0.391 e. The van der Waals surface area contributed by atoms with E-state index in [0.717, 1.165) is 0 Å². The SMILES string of the molecule is CC(O)C(C)OC1(C#N)CCOC1C. The molecule has 0 saturated carbocycles. The number of nitrogens with zero attached hydrogens (tertiary/aromatic N) is 1. The van der Waals surface area contributed by atoms with Crippen LogP contribution < -0.4 is 0 Å². The topological polar surface area (TPSA) is 62.5 Å². The molecule has 14 heavy (non-hydrogen) atoms. The monoisotopic (exact) mass is 199 g/mol. The third-order valence-corrected chi connectivity index (χ3v) is 2.76. The van der Waals surface area contributed by atoms with Gasteiger partial charge in [-0.15, -0.1) is 0 Å². The predicted octanol–water partition coefficient (Wildman–Crippen LogP) is 0.843. The number of aliphatic hydroxyl groups excluding tert-OH is 1. The highest BCUT2D eigenvalue weighted by atomic mass is 16.6. The molecule has 80 valence electrons. The Kier molecular flexibility index (Phi) is 3.48. The summed E-state index contributed by atoms with van der Waals surface area (Å²) in [6, 6.07) is 2.15. The Labute approximate surface area is 84.4 Å². The van der Waals surface area contributed by atoms with Gasteiger partial charge in [0.1, 0.15) is 6.07 Å². The maximum Gasteiger partial charge on any atom is 0.182 e. The molecule has 1 fully saturated rings. The van der Waals surface area contributed by atoms with Gasteiger partial charge in [-0.1, -0.05) is 0 Å². The third kappa shape index (κ3) is 2.06. The predicted molar refractivity (Wildman–Crippen MR) is 50.6 cm³/mol. The molecular formula is C10H17NO3. The van der Waals surface area contributed by atoms with Gasteiger partial charge in [0.2, 0.25) is 0 Å². The van der Waals surface area contributed by atoms with Gasteiger partial charge in [0, 0.05) is 6.42 Å². The summed E-state index contributed by atoms with van der Waals surface area (Å²) in [6.45, 7) is 5.78. The van der Waals surface area contributed by atoms with Crippen molar-refractivity contribution in [3.8, 4) is 6.07 Å². The Morgan fingerprint density at radius 1 is 1.64 bits per heavy atom. The van der Waals surface area contributed by atoms with Crippen LogP contribution in [-0.2, 0) is 9.47 Å². The first-order valence-corrected chi connectivity index (χ1v) is 4.90. The lowest BCUT2D eigenvalue weighted by Gasteiger charge is -2.29. The Morgan fingerprint density at radius 2 is 2.29 bits per heavy atom. The van der Waals surface area contributed by atoms with E-state index in [1.54, 1.807) is 13.8 Å². The smallest absolute Gasteiger partial charge is 0.182 e. The van der Waals surface area contributed by atoms with E-state index in [1.807, 2.05) is 6.92 Å². The van der Waals surface area contributed by atoms with Crippen molar-refractivity contribution in [3.05, 3.63) is 0 Å². The first-order chi connectivity index (χ1) is 6.52. The summed E-state index contributed by atoms with van der Waals surface area (Å²) in [5.74, 6) is 0. The van der Waals surface area contributed by atoms with Crippen LogP contribution in [0.15, 0.2) is 0 Å². The zero-order valence-electron chi connectivity index (χ0n) is 8.86. The number of hydrogen-bond donors (Lipinski definition) is 1. The van der Waals surface area contributed by atoms with Gasteiger partial charge in [0.05, 0.1) is 24.9 Å². The summed E-state index contributed by atoms with van der Waals surface area (Å²) in [6.07, 6.45) is -0.581. The van der Waals surface area contributed by atoms with Crippen LogP contribution in [0.2, 0.25) is 0 Å². The second-order valence-corrected chi connectivity index (χ2v) is 3.83. The van der Waals surface area contributed by atoms with E-state index in [-0.39, 0.29) is 12.2 Å². The molecule has 0 radical (unpaired) electrons. The van der Waals surface area contributed by atoms with Gasteiger partial charge in [-0.3, -0.25) is 0 Å². The molecule has 0 aromatic heterocycles. The van der Waals surface area contributed by atoms with Gasteiger partial charge in [-0.05, 0) is 20.8 Å². The third-order valence-electron chi connectivity index (χ3n) is 2.76. The number of ether oxygens (including phenoxy) is 2. The average Bonchev–Trinajstić information content (AvgIpc) is 2.48. The molecule has 1 aliphatic heterocycles. The summed E-state index contributed by atoms with van der Waals surface area (Å²) in [5.41, 5.74) is -0.879. The molecule has 1 saturated heterocycles. The van der Waals surface area contributed by atoms with Crippen LogP contribution in [0, 0.1) is 11.3 Å². The first-order valence-electron chi connectivity index (χ1n) is 4.90. The van der Waals surface area contributed by atoms with Gasteiger partial charge in [-0.2, -0.15) is 5.26 Å². The standard InChI is InChI=1S/C10H17NO3/c1-7(12)8(2)14-10(6-11)4-5-13-9(10)3/h7-9,12H,4-5H2,1-3H3. The van der Waals surface area contributed by atoms with Crippen molar-refractivity contribution in [2.24, 2.45) is 0 Å². The van der Waals surface area contributed by atoms with E-state index < -0.39 is 11.7 Å². The zero-order valence-corrected chi connectivity index (χ0v) is 8.86. The molecule has 1 N–H and O–H groups in total. The minimum Gasteiger partial charge on any atom is -0.391 e. The Morgan fingerprint density at radius 3 is 2.64 bits per heavy atom. The molecule has 4 nitrogen and oxygen atoms in total. The average molecular weight is 199 g/mol. The van der Waals surface area contributed by atoms with Crippen LogP contribution in [0.5, 0.6) is 0 Å². The van der Waals surface area contributed by atoms with Crippen LogP contribution in [0.4, 0.5) is 0 Å². The summed E-state index contributed by atoms with van der Waals surface area (Å²) in [5, 5.41) is 18.4. The van der Waals surface area contributed by atoms with Crippen LogP contribution in [0.3, 0.4) is 0 Å².